The lowest BCUT2D eigenvalue weighted by Gasteiger charge is -2.27. The van der Waals surface area contributed by atoms with Crippen LogP contribution in [0.1, 0.15) is 16.9 Å². The number of aromatic amines is 1. The van der Waals surface area contributed by atoms with Crippen LogP contribution in [0.3, 0.4) is 0 Å². The molecule has 1 aliphatic rings. The average Bonchev–Trinajstić information content (AvgIpc) is 3.18. The van der Waals surface area contributed by atoms with Gasteiger partial charge in [-0.3, -0.25) is 9.89 Å². The minimum absolute atomic E-state index is 0.205. The lowest BCUT2D eigenvalue weighted by atomic mass is 9.99. The molecule has 2 heterocycles. The fourth-order valence-electron chi connectivity index (χ4n) is 2.65. The van der Waals surface area contributed by atoms with Crippen LogP contribution in [-0.2, 0) is 9.47 Å². The average molecular weight is 380 g/mol. The van der Waals surface area contributed by atoms with Crippen LogP contribution < -0.4 is 5.32 Å². The van der Waals surface area contributed by atoms with Crippen molar-refractivity contribution < 1.29 is 14.3 Å². The van der Waals surface area contributed by atoms with Crippen molar-refractivity contribution in [1.82, 2.24) is 15.5 Å². The van der Waals surface area contributed by atoms with Gasteiger partial charge in [0, 0.05) is 23.8 Å². The normalized spacial score (nSPS) is 20.6. The number of benzene rings is 1. The second kappa shape index (κ2) is 6.82. The molecule has 1 aromatic heterocycles. The van der Waals surface area contributed by atoms with Gasteiger partial charge in [0.15, 0.2) is 0 Å². The molecule has 1 unspecified atom stereocenters. The van der Waals surface area contributed by atoms with Crippen molar-refractivity contribution in [3.8, 4) is 11.3 Å². The predicted octanol–water partition coefficient (Wildman–Crippen LogP) is 2.37. The van der Waals surface area contributed by atoms with Gasteiger partial charge in [0.05, 0.1) is 24.4 Å². The zero-order chi connectivity index (χ0) is 16.3. The molecule has 7 heteroatoms. The van der Waals surface area contributed by atoms with Gasteiger partial charge in [0.25, 0.3) is 5.91 Å². The second-order valence-corrected chi connectivity index (χ2v) is 6.56. The summed E-state index contributed by atoms with van der Waals surface area (Å²) >= 11 is 3.40. The van der Waals surface area contributed by atoms with Crippen LogP contribution in [0.4, 0.5) is 0 Å². The largest absolute Gasteiger partial charge is 0.382 e. The van der Waals surface area contributed by atoms with E-state index in [0.29, 0.717) is 25.5 Å². The van der Waals surface area contributed by atoms with Gasteiger partial charge in [-0.2, -0.15) is 5.10 Å². The molecule has 0 saturated carbocycles. The number of methoxy groups -OCH3 is 1. The number of carbonyl (C=O) groups excluding carboxylic acids is 1. The minimum Gasteiger partial charge on any atom is -0.382 e. The van der Waals surface area contributed by atoms with Gasteiger partial charge in [-0.1, -0.05) is 28.1 Å². The number of hydrogen-bond donors (Lipinski definition) is 2. The number of hydrogen-bond acceptors (Lipinski definition) is 4. The van der Waals surface area contributed by atoms with Crippen LogP contribution in [0.2, 0.25) is 0 Å². The van der Waals surface area contributed by atoms with Crippen LogP contribution in [0.25, 0.3) is 11.3 Å². The maximum absolute atomic E-state index is 12.5. The first kappa shape index (κ1) is 16.2. The molecule has 0 radical (unpaired) electrons. The van der Waals surface area contributed by atoms with E-state index in [0.717, 1.165) is 22.2 Å². The first-order valence-electron chi connectivity index (χ1n) is 7.32. The SMILES string of the molecule is COCC1(NC(=O)c2cc(-c3ccc(Br)cc3)n[nH]2)CCOC1. The Morgan fingerprint density at radius 1 is 1.48 bits per heavy atom. The van der Waals surface area contributed by atoms with Gasteiger partial charge in [0.2, 0.25) is 0 Å². The maximum atomic E-state index is 12.5. The first-order valence-corrected chi connectivity index (χ1v) is 8.12. The predicted molar refractivity (Wildman–Crippen MR) is 89.2 cm³/mol. The molecular weight excluding hydrogens is 362 g/mol. The monoisotopic (exact) mass is 379 g/mol. The van der Waals surface area contributed by atoms with Crippen molar-refractivity contribution in [2.24, 2.45) is 0 Å². The number of halogens is 1. The summed E-state index contributed by atoms with van der Waals surface area (Å²) in [5.74, 6) is -0.205. The lowest BCUT2D eigenvalue weighted by molar-refractivity contribution is 0.0690. The molecule has 1 aliphatic heterocycles. The molecule has 2 aromatic rings. The van der Waals surface area contributed by atoms with Crippen molar-refractivity contribution in [3.05, 3.63) is 40.5 Å². The molecule has 1 amide bonds. The second-order valence-electron chi connectivity index (χ2n) is 5.64. The summed E-state index contributed by atoms with van der Waals surface area (Å²) in [6.45, 7) is 1.50. The minimum atomic E-state index is -0.464. The fraction of sp³-hybridized carbons (Fsp3) is 0.375. The van der Waals surface area contributed by atoms with Gasteiger partial charge in [-0.25, -0.2) is 0 Å². The van der Waals surface area contributed by atoms with E-state index in [1.165, 1.54) is 0 Å². The van der Waals surface area contributed by atoms with Crippen molar-refractivity contribution in [2.75, 3.05) is 26.9 Å². The molecule has 23 heavy (non-hydrogen) atoms. The fourth-order valence-corrected chi connectivity index (χ4v) is 2.91. The van der Waals surface area contributed by atoms with Crippen molar-refractivity contribution in [2.45, 2.75) is 12.0 Å². The Balaban J connectivity index is 1.74. The van der Waals surface area contributed by atoms with Crippen molar-refractivity contribution in [1.29, 1.82) is 0 Å². The molecule has 1 aromatic carbocycles. The summed E-state index contributed by atoms with van der Waals surface area (Å²) in [5, 5.41) is 10.0. The molecule has 3 rings (SSSR count). The molecule has 0 bridgehead atoms. The van der Waals surface area contributed by atoms with E-state index < -0.39 is 5.54 Å². The number of nitrogens with one attached hydrogen (secondary N) is 2. The highest BCUT2D eigenvalue weighted by Crippen LogP contribution is 2.22. The van der Waals surface area contributed by atoms with Gasteiger partial charge >= 0.3 is 0 Å². The smallest absolute Gasteiger partial charge is 0.269 e. The van der Waals surface area contributed by atoms with E-state index in [2.05, 4.69) is 31.4 Å². The summed E-state index contributed by atoms with van der Waals surface area (Å²) in [5.41, 5.74) is 1.63. The Hall–Kier alpha value is -1.70. The highest BCUT2D eigenvalue weighted by atomic mass is 79.9. The third kappa shape index (κ3) is 3.63. The van der Waals surface area contributed by atoms with Crippen LogP contribution in [-0.4, -0.2) is 48.6 Å². The lowest BCUT2D eigenvalue weighted by Crippen LogP contribution is -2.52. The molecule has 0 spiro atoms. The highest BCUT2D eigenvalue weighted by molar-refractivity contribution is 9.10. The van der Waals surface area contributed by atoms with Gasteiger partial charge in [0.1, 0.15) is 5.69 Å². The van der Waals surface area contributed by atoms with Gasteiger partial charge in [-0.15, -0.1) is 0 Å². The molecule has 6 nitrogen and oxygen atoms in total. The van der Waals surface area contributed by atoms with Crippen molar-refractivity contribution >= 4 is 21.8 Å². The Kier molecular flexibility index (Phi) is 4.79. The van der Waals surface area contributed by atoms with Crippen LogP contribution in [0.15, 0.2) is 34.8 Å². The Bertz CT molecular complexity index is 678. The third-order valence-corrected chi connectivity index (χ3v) is 4.39. The maximum Gasteiger partial charge on any atom is 0.269 e. The molecular formula is C16H18BrN3O3. The Labute approximate surface area is 142 Å². The standard InChI is InChI=1S/C16H18BrN3O3/c1-22-9-16(6-7-23-10-16)18-15(21)14-8-13(19-20-14)11-2-4-12(17)5-3-11/h2-5,8H,6-7,9-10H2,1H3,(H,18,21)(H,19,20). The number of carbonyl (C=O) groups is 1. The van der Waals surface area contributed by atoms with Crippen molar-refractivity contribution in [3.63, 3.8) is 0 Å². The number of H-pyrrole nitrogens is 1. The first-order chi connectivity index (χ1) is 11.1. The van der Waals surface area contributed by atoms with Gasteiger partial charge < -0.3 is 14.8 Å². The summed E-state index contributed by atoms with van der Waals surface area (Å²) in [6, 6.07) is 9.51. The third-order valence-electron chi connectivity index (χ3n) is 3.87. The quantitative estimate of drug-likeness (QED) is 0.835. The van der Waals surface area contributed by atoms with E-state index in [4.69, 9.17) is 9.47 Å². The number of rotatable bonds is 5. The summed E-state index contributed by atoms with van der Waals surface area (Å²) in [6.07, 6.45) is 0.736. The highest BCUT2D eigenvalue weighted by Gasteiger charge is 2.37. The van der Waals surface area contributed by atoms with Crippen LogP contribution in [0, 0.1) is 0 Å². The summed E-state index contributed by atoms with van der Waals surface area (Å²) < 4.78 is 11.6. The Morgan fingerprint density at radius 3 is 2.91 bits per heavy atom. The molecule has 2 N–H and O–H groups in total. The summed E-state index contributed by atoms with van der Waals surface area (Å²) in [4.78, 5) is 12.5. The molecule has 1 atom stereocenters. The molecule has 1 saturated heterocycles. The number of nitrogens with zero attached hydrogens (tertiary/aromatic N) is 1. The number of ether oxygens (including phenoxy) is 2. The van der Waals surface area contributed by atoms with E-state index in [1.54, 1.807) is 13.2 Å². The van der Waals surface area contributed by atoms with Crippen LogP contribution in [0.5, 0.6) is 0 Å². The van der Waals surface area contributed by atoms with Gasteiger partial charge in [-0.05, 0) is 24.6 Å². The van der Waals surface area contributed by atoms with Crippen LogP contribution >= 0.6 is 15.9 Å². The molecule has 0 aliphatic carbocycles. The number of aromatic nitrogens is 2. The Morgan fingerprint density at radius 2 is 2.26 bits per heavy atom. The molecule has 1 fully saturated rings. The zero-order valence-electron chi connectivity index (χ0n) is 12.8. The summed E-state index contributed by atoms with van der Waals surface area (Å²) in [7, 11) is 1.62. The van der Waals surface area contributed by atoms with E-state index in [1.807, 2.05) is 24.3 Å². The topological polar surface area (TPSA) is 76.2 Å². The van der Waals surface area contributed by atoms with E-state index in [-0.39, 0.29) is 5.91 Å². The van der Waals surface area contributed by atoms with E-state index in [9.17, 15) is 4.79 Å². The van der Waals surface area contributed by atoms with E-state index >= 15 is 0 Å². The molecule has 122 valence electrons. The number of amides is 1. The zero-order valence-corrected chi connectivity index (χ0v) is 14.4.